The largest absolute Gasteiger partial charge is 0.508 e. The van der Waals surface area contributed by atoms with E-state index >= 15 is 0 Å². The number of carbonyl (C=O) groups is 1. The Bertz CT molecular complexity index is 376. The van der Waals surface area contributed by atoms with Gasteiger partial charge in [-0.15, -0.1) is 0 Å². The van der Waals surface area contributed by atoms with Crippen molar-refractivity contribution in [2.45, 2.75) is 88.1 Å². The molecule has 1 heterocycles. The first kappa shape index (κ1) is 21.2. The molecule has 0 aromatic carbocycles. The van der Waals surface area contributed by atoms with Crippen LogP contribution in [0.4, 0.5) is 4.79 Å². The Kier molecular flexibility index (Phi) is 7.86. The van der Waals surface area contributed by atoms with Gasteiger partial charge in [-0.05, 0) is 23.5 Å². The van der Waals surface area contributed by atoms with Crippen molar-refractivity contribution in [1.82, 2.24) is 0 Å². The Morgan fingerprint density at radius 3 is 1.91 bits per heavy atom. The van der Waals surface area contributed by atoms with Crippen molar-refractivity contribution in [3.63, 3.8) is 0 Å². The van der Waals surface area contributed by atoms with Crippen molar-refractivity contribution >= 4 is 37.1 Å². The molecule has 1 aliphatic rings. The third-order valence-electron chi connectivity index (χ3n) is 5.24. The van der Waals surface area contributed by atoms with Crippen LogP contribution in [0.5, 0.6) is 0 Å². The van der Waals surface area contributed by atoms with E-state index in [4.69, 9.17) is 13.9 Å². The molecule has 0 saturated carbocycles. The van der Waals surface area contributed by atoms with Crippen LogP contribution < -0.4 is 0 Å². The highest BCUT2D eigenvalue weighted by Gasteiger charge is 2.47. The van der Waals surface area contributed by atoms with Gasteiger partial charge in [0.2, 0.25) is 8.32 Å². The van der Waals surface area contributed by atoms with Gasteiger partial charge in [-0.25, -0.2) is 4.79 Å². The first-order valence-corrected chi connectivity index (χ1v) is 12.1. The van der Waals surface area contributed by atoms with Crippen LogP contribution in [-0.4, -0.2) is 37.2 Å². The van der Waals surface area contributed by atoms with E-state index in [9.17, 15) is 4.79 Å². The summed E-state index contributed by atoms with van der Waals surface area (Å²) in [6, 6.07) is 0. The van der Waals surface area contributed by atoms with Crippen molar-refractivity contribution in [3.05, 3.63) is 0 Å². The van der Waals surface area contributed by atoms with E-state index in [2.05, 4.69) is 78.0 Å². The number of carbonyl (C=O) groups excluding carboxylic acids is 1. The Morgan fingerprint density at radius 2 is 1.52 bits per heavy atom. The summed E-state index contributed by atoms with van der Waals surface area (Å²) >= 11 is 2.31. The van der Waals surface area contributed by atoms with E-state index in [1.165, 1.54) is 0 Å². The van der Waals surface area contributed by atoms with Gasteiger partial charge in [0.1, 0.15) is 12.2 Å². The van der Waals surface area contributed by atoms with Crippen LogP contribution >= 0.6 is 22.6 Å². The third-order valence-corrected chi connectivity index (χ3v) is 12.0. The second-order valence-electron chi connectivity index (χ2n) is 7.65. The zero-order valence-electron chi connectivity index (χ0n) is 15.8. The van der Waals surface area contributed by atoms with Gasteiger partial charge in [0, 0.05) is 9.84 Å². The molecule has 23 heavy (non-hydrogen) atoms. The number of cyclic esters (lactones) is 2. The molecule has 1 aliphatic heterocycles. The molecule has 0 N–H and O–H groups in total. The predicted molar refractivity (Wildman–Crippen MR) is 105 cm³/mol. The second-order valence-corrected chi connectivity index (χ2v) is 15.1. The standard InChI is InChI=1S/C17H33IO4Si/c1-10(2)23(11(3)4,12(5)6)20-9-15-13(7)16(14(8)18)22-17(19)21-15/h10-16H,9H2,1-8H3. The lowest BCUT2D eigenvalue weighted by molar-refractivity contribution is -0.104. The summed E-state index contributed by atoms with van der Waals surface area (Å²) in [5.41, 5.74) is 1.56. The minimum Gasteiger partial charge on any atom is -0.429 e. The molecule has 0 spiro atoms. The molecule has 0 aromatic heterocycles. The van der Waals surface area contributed by atoms with Crippen LogP contribution in [0.2, 0.25) is 16.6 Å². The highest BCUT2D eigenvalue weighted by Crippen LogP contribution is 2.42. The van der Waals surface area contributed by atoms with E-state index in [1.54, 1.807) is 0 Å². The lowest BCUT2D eigenvalue weighted by Gasteiger charge is -2.44. The quantitative estimate of drug-likeness (QED) is 0.218. The van der Waals surface area contributed by atoms with Crippen LogP contribution in [0.3, 0.4) is 0 Å². The highest BCUT2D eigenvalue weighted by molar-refractivity contribution is 14.1. The maximum Gasteiger partial charge on any atom is 0.508 e. The third kappa shape index (κ3) is 4.63. The maximum absolute atomic E-state index is 11.8. The smallest absolute Gasteiger partial charge is 0.429 e. The molecule has 0 amide bonds. The molecule has 136 valence electrons. The summed E-state index contributed by atoms with van der Waals surface area (Å²) in [7, 11) is -1.95. The zero-order valence-corrected chi connectivity index (χ0v) is 18.9. The molecule has 1 rings (SSSR count). The van der Waals surface area contributed by atoms with Gasteiger partial charge in [-0.2, -0.15) is 0 Å². The van der Waals surface area contributed by atoms with Crippen LogP contribution in [0.1, 0.15) is 55.4 Å². The SMILES string of the molecule is CC(I)C1OC(=O)OC(CO[Si](C(C)C)(C(C)C)C(C)C)C1C. The molecule has 6 heteroatoms. The van der Waals surface area contributed by atoms with Crippen LogP contribution in [0.25, 0.3) is 0 Å². The van der Waals surface area contributed by atoms with Crippen molar-refractivity contribution in [2.75, 3.05) is 6.61 Å². The molecular weight excluding hydrogens is 423 g/mol. The van der Waals surface area contributed by atoms with Crippen molar-refractivity contribution in [2.24, 2.45) is 5.92 Å². The number of rotatable bonds is 7. The van der Waals surface area contributed by atoms with Gasteiger partial charge in [0.05, 0.1) is 6.61 Å². The average molecular weight is 456 g/mol. The van der Waals surface area contributed by atoms with Gasteiger partial charge < -0.3 is 13.9 Å². The number of hydrogen-bond donors (Lipinski definition) is 0. The molecule has 1 fully saturated rings. The van der Waals surface area contributed by atoms with E-state index in [0.29, 0.717) is 23.2 Å². The van der Waals surface area contributed by atoms with Crippen LogP contribution in [0.15, 0.2) is 0 Å². The van der Waals surface area contributed by atoms with Gasteiger partial charge in [-0.1, -0.05) is 71.1 Å². The van der Waals surface area contributed by atoms with Gasteiger partial charge in [0.15, 0.2) is 0 Å². The van der Waals surface area contributed by atoms with Gasteiger partial charge >= 0.3 is 6.16 Å². The van der Waals surface area contributed by atoms with Crippen molar-refractivity contribution < 1.29 is 18.7 Å². The Labute approximate surface area is 156 Å². The molecule has 0 radical (unpaired) electrons. The maximum atomic E-state index is 11.8. The van der Waals surface area contributed by atoms with Crippen molar-refractivity contribution in [3.8, 4) is 0 Å². The first-order valence-electron chi connectivity index (χ1n) is 8.69. The lowest BCUT2D eigenvalue weighted by atomic mass is 9.95. The zero-order chi connectivity index (χ0) is 17.9. The highest BCUT2D eigenvalue weighted by atomic mass is 127. The summed E-state index contributed by atoms with van der Waals surface area (Å²) in [5, 5.41) is 0. The molecule has 0 aromatic rings. The van der Waals surface area contributed by atoms with Gasteiger partial charge in [-0.3, -0.25) is 0 Å². The number of hydrogen-bond acceptors (Lipinski definition) is 4. The summed E-state index contributed by atoms with van der Waals surface area (Å²) < 4.78 is 17.7. The number of halogens is 1. The number of ether oxygens (including phenoxy) is 2. The monoisotopic (exact) mass is 456 g/mol. The summed E-state index contributed by atoms with van der Waals surface area (Å²) in [6.07, 6.45) is -0.892. The van der Waals surface area contributed by atoms with Gasteiger partial charge in [0.25, 0.3) is 0 Å². The fourth-order valence-corrected chi connectivity index (χ4v) is 10.4. The molecular formula is C17H33IO4Si. The van der Waals surface area contributed by atoms with E-state index in [0.717, 1.165) is 0 Å². The molecule has 4 nitrogen and oxygen atoms in total. The molecule has 0 bridgehead atoms. The lowest BCUT2D eigenvalue weighted by Crippen LogP contribution is -2.53. The summed E-state index contributed by atoms with van der Waals surface area (Å²) in [5.74, 6) is 0.137. The summed E-state index contributed by atoms with van der Waals surface area (Å²) in [4.78, 5) is 11.8. The minimum absolute atomic E-state index is 0.112. The topological polar surface area (TPSA) is 44.8 Å². The molecule has 1 saturated heterocycles. The first-order chi connectivity index (χ1) is 10.5. The number of alkyl halides is 1. The van der Waals surface area contributed by atoms with E-state index in [-0.39, 0.29) is 22.1 Å². The average Bonchev–Trinajstić information content (AvgIpc) is 2.41. The summed E-state index contributed by atoms with van der Waals surface area (Å²) in [6.45, 7) is 18.2. The fraction of sp³-hybridized carbons (Fsp3) is 0.941. The van der Waals surface area contributed by atoms with E-state index in [1.807, 2.05) is 0 Å². The molecule has 4 atom stereocenters. The van der Waals surface area contributed by atoms with E-state index < -0.39 is 14.5 Å². The second kappa shape index (κ2) is 8.51. The van der Waals surface area contributed by atoms with Crippen molar-refractivity contribution in [1.29, 1.82) is 0 Å². The molecule has 4 unspecified atom stereocenters. The normalized spacial score (nSPS) is 27.3. The Hall–Kier alpha value is 0.177. The fourth-order valence-electron chi connectivity index (χ4n) is 4.11. The van der Waals surface area contributed by atoms with Crippen LogP contribution in [-0.2, 0) is 13.9 Å². The minimum atomic E-state index is -1.95. The van der Waals surface area contributed by atoms with Crippen LogP contribution in [0, 0.1) is 5.92 Å². The Balaban J connectivity index is 2.90. The molecule has 0 aliphatic carbocycles. The predicted octanol–water partition coefficient (Wildman–Crippen LogP) is 5.54. The Morgan fingerprint density at radius 1 is 1.04 bits per heavy atom.